The lowest BCUT2D eigenvalue weighted by molar-refractivity contribution is -0.121. The van der Waals surface area contributed by atoms with Crippen molar-refractivity contribution in [2.45, 2.75) is 26.2 Å². The molecule has 0 aromatic heterocycles. The number of amides is 3. The van der Waals surface area contributed by atoms with E-state index in [0.29, 0.717) is 5.75 Å². The highest BCUT2D eigenvalue weighted by Gasteiger charge is 2.18. The number of ether oxygens (including phenoxy) is 1. The van der Waals surface area contributed by atoms with Crippen molar-refractivity contribution >= 4 is 11.9 Å². The summed E-state index contributed by atoms with van der Waals surface area (Å²) in [5, 5.41) is 1.95. The number of imide groups is 1. The van der Waals surface area contributed by atoms with Gasteiger partial charge in [0, 0.05) is 0 Å². The van der Waals surface area contributed by atoms with Crippen molar-refractivity contribution in [3.05, 3.63) is 29.8 Å². The first-order valence-electron chi connectivity index (χ1n) is 5.62. The molecule has 5 heteroatoms. The van der Waals surface area contributed by atoms with Crippen LogP contribution in [0, 0.1) is 0 Å². The third kappa shape index (κ3) is 4.08. The van der Waals surface area contributed by atoms with E-state index in [9.17, 15) is 9.59 Å². The number of rotatable bonds is 3. The van der Waals surface area contributed by atoms with E-state index in [2.05, 4.69) is 20.8 Å². The molecule has 0 aliphatic rings. The van der Waals surface area contributed by atoms with Crippen LogP contribution in [0.1, 0.15) is 26.3 Å². The quantitative estimate of drug-likeness (QED) is 0.854. The van der Waals surface area contributed by atoms with Crippen molar-refractivity contribution in [3.63, 3.8) is 0 Å². The smallest absolute Gasteiger partial charge is 0.318 e. The first-order valence-corrected chi connectivity index (χ1v) is 5.62. The van der Waals surface area contributed by atoms with Crippen LogP contribution < -0.4 is 15.8 Å². The Hall–Kier alpha value is -2.04. The average molecular weight is 250 g/mol. The molecule has 0 unspecified atom stereocenters. The molecule has 0 saturated heterocycles. The molecule has 0 aliphatic carbocycles. The van der Waals surface area contributed by atoms with E-state index in [0.717, 1.165) is 5.56 Å². The predicted octanol–water partition coefficient (Wildman–Crippen LogP) is 1.56. The van der Waals surface area contributed by atoms with E-state index < -0.39 is 11.9 Å². The number of benzene rings is 1. The molecule has 1 aromatic carbocycles. The number of para-hydroxylation sites is 1. The normalized spacial score (nSPS) is 10.8. The van der Waals surface area contributed by atoms with E-state index in [1.54, 1.807) is 6.07 Å². The van der Waals surface area contributed by atoms with Gasteiger partial charge in [0.15, 0.2) is 6.61 Å². The van der Waals surface area contributed by atoms with Gasteiger partial charge in [-0.15, -0.1) is 0 Å². The van der Waals surface area contributed by atoms with Gasteiger partial charge < -0.3 is 10.5 Å². The molecule has 0 spiro atoms. The molecule has 0 heterocycles. The molecule has 98 valence electrons. The fraction of sp³-hybridized carbons (Fsp3) is 0.385. The van der Waals surface area contributed by atoms with Crippen molar-refractivity contribution in [3.8, 4) is 5.75 Å². The Labute approximate surface area is 106 Å². The summed E-state index contributed by atoms with van der Waals surface area (Å²) < 4.78 is 5.41. The highest BCUT2D eigenvalue weighted by Crippen LogP contribution is 2.30. The van der Waals surface area contributed by atoms with Gasteiger partial charge in [-0.25, -0.2) is 4.79 Å². The van der Waals surface area contributed by atoms with Crippen LogP contribution in [0.4, 0.5) is 4.79 Å². The predicted molar refractivity (Wildman–Crippen MR) is 68.4 cm³/mol. The van der Waals surface area contributed by atoms with Gasteiger partial charge in [0.05, 0.1) is 0 Å². The second kappa shape index (κ2) is 5.53. The van der Waals surface area contributed by atoms with Gasteiger partial charge in [-0.05, 0) is 17.0 Å². The number of urea groups is 1. The molecule has 3 amide bonds. The van der Waals surface area contributed by atoms with Gasteiger partial charge in [-0.2, -0.15) is 0 Å². The van der Waals surface area contributed by atoms with Gasteiger partial charge >= 0.3 is 6.03 Å². The van der Waals surface area contributed by atoms with Crippen molar-refractivity contribution in [1.29, 1.82) is 0 Å². The molecule has 1 aromatic rings. The summed E-state index contributed by atoms with van der Waals surface area (Å²) in [5.74, 6) is 0.0656. The summed E-state index contributed by atoms with van der Waals surface area (Å²) >= 11 is 0. The zero-order chi connectivity index (χ0) is 13.8. The van der Waals surface area contributed by atoms with Crippen LogP contribution in [0.2, 0.25) is 0 Å². The van der Waals surface area contributed by atoms with Gasteiger partial charge in [0.2, 0.25) is 0 Å². The van der Waals surface area contributed by atoms with E-state index >= 15 is 0 Å². The highest BCUT2D eigenvalue weighted by atomic mass is 16.5. The maximum atomic E-state index is 11.3. The molecule has 0 aliphatic heterocycles. The van der Waals surface area contributed by atoms with Crippen molar-refractivity contribution < 1.29 is 14.3 Å². The summed E-state index contributed by atoms with van der Waals surface area (Å²) in [6, 6.07) is 6.60. The Morgan fingerprint density at radius 3 is 2.44 bits per heavy atom. The monoisotopic (exact) mass is 250 g/mol. The summed E-state index contributed by atoms with van der Waals surface area (Å²) in [4.78, 5) is 21.7. The van der Waals surface area contributed by atoms with E-state index in [4.69, 9.17) is 10.5 Å². The van der Waals surface area contributed by atoms with Crippen LogP contribution in [0.3, 0.4) is 0 Å². The minimum absolute atomic E-state index is 0.0866. The van der Waals surface area contributed by atoms with Crippen molar-refractivity contribution in [2.24, 2.45) is 5.73 Å². The molecule has 0 fully saturated rings. The summed E-state index contributed by atoms with van der Waals surface area (Å²) in [5.41, 5.74) is 5.75. The third-order valence-electron chi connectivity index (χ3n) is 2.32. The SMILES string of the molecule is CC(C)(C)c1ccccc1OCC(=O)NC(N)=O. The van der Waals surface area contributed by atoms with Gasteiger partial charge in [0.1, 0.15) is 5.75 Å². The van der Waals surface area contributed by atoms with Crippen LogP contribution in [0.15, 0.2) is 24.3 Å². The molecule has 0 bridgehead atoms. The highest BCUT2D eigenvalue weighted by molar-refractivity contribution is 5.94. The Balaban J connectivity index is 2.74. The van der Waals surface area contributed by atoms with Crippen LogP contribution >= 0.6 is 0 Å². The maximum Gasteiger partial charge on any atom is 0.318 e. The molecule has 3 N–H and O–H groups in total. The Morgan fingerprint density at radius 2 is 1.89 bits per heavy atom. The molecule has 18 heavy (non-hydrogen) atoms. The largest absolute Gasteiger partial charge is 0.483 e. The Kier molecular flexibility index (Phi) is 4.31. The number of hydrogen-bond donors (Lipinski definition) is 2. The first-order chi connectivity index (χ1) is 8.30. The minimum atomic E-state index is -0.882. The Morgan fingerprint density at radius 1 is 1.28 bits per heavy atom. The van der Waals surface area contributed by atoms with E-state index in [1.165, 1.54) is 0 Å². The molecular weight excluding hydrogens is 232 g/mol. The summed E-state index contributed by atoms with van der Waals surface area (Å²) in [6.07, 6.45) is 0. The van der Waals surface area contributed by atoms with Crippen molar-refractivity contribution in [2.75, 3.05) is 6.61 Å². The second-order valence-corrected chi connectivity index (χ2v) is 4.95. The van der Waals surface area contributed by atoms with Crippen LogP contribution in [-0.4, -0.2) is 18.5 Å². The lowest BCUT2D eigenvalue weighted by atomic mass is 9.86. The zero-order valence-electron chi connectivity index (χ0n) is 10.8. The fourth-order valence-electron chi connectivity index (χ4n) is 1.53. The molecule has 5 nitrogen and oxygen atoms in total. The molecule has 0 radical (unpaired) electrons. The lowest BCUT2D eigenvalue weighted by Crippen LogP contribution is -2.38. The van der Waals surface area contributed by atoms with Gasteiger partial charge in [0.25, 0.3) is 5.91 Å². The lowest BCUT2D eigenvalue weighted by Gasteiger charge is -2.22. The molecule has 1 rings (SSSR count). The van der Waals surface area contributed by atoms with E-state index in [1.807, 2.05) is 23.5 Å². The first kappa shape index (κ1) is 14.0. The fourth-order valence-corrected chi connectivity index (χ4v) is 1.53. The third-order valence-corrected chi connectivity index (χ3v) is 2.32. The molecule has 0 atom stereocenters. The second-order valence-electron chi connectivity index (χ2n) is 4.95. The van der Waals surface area contributed by atoms with Gasteiger partial charge in [-0.1, -0.05) is 39.0 Å². The molecular formula is C13H18N2O3. The van der Waals surface area contributed by atoms with Crippen molar-refractivity contribution in [1.82, 2.24) is 5.32 Å². The Bertz CT molecular complexity index is 450. The van der Waals surface area contributed by atoms with Crippen LogP contribution in [0.5, 0.6) is 5.75 Å². The number of carbonyl (C=O) groups is 2. The van der Waals surface area contributed by atoms with Crippen LogP contribution in [0.25, 0.3) is 0 Å². The minimum Gasteiger partial charge on any atom is -0.483 e. The number of primary amides is 1. The maximum absolute atomic E-state index is 11.3. The van der Waals surface area contributed by atoms with Crippen LogP contribution in [-0.2, 0) is 10.2 Å². The number of nitrogens with two attached hydrogens (primary N) is 1. The number of carbonyl (C=O) groups excluding carboxylic acids is 2. The molecule has 0 saturated carbocycles. The van der Waals surface area contributed by atoms with Gasteiger partial charge in [-0.3, -0.25) is 10.1 Å². The summed E-state index contributed by atoms with van der Waals surface area (Å²) in [6.45, 7) is 5.92. The average Bonchev–Trinajstić information content (AvgIpc) is 2.24. The zero-order valence-corrected chi connectivity index (χ0v) is 10.8. The number of nitrogens with one attached hydrogen (secondary N) is 1. The summed E-state index contributed by atoms with van der Waals surface area (Å²) in [7, 11) is 0. The topological polar surface area (TPSA) is 81.4 Å². The number of hydrogen-bond acceptors (Lipinski definition) is 3. The van der Waals surface area contributed by atoms with E-state index in [-0.39, 0.29) is 12.0 Å². The standard InChI is InChI=1S/C13H18N2O3/c1-13(2,3)9-6-4-5-7-10(9)18-8-11(16)15-12(14)17/h4-7H,8H2,1-3H3,(H3,14,15,16,17).